The molecule has 19 heavy (non-hydrogen) atoms. The molecule has 1 N–H and O–H groups in total. The summed E-state index contributed by atoms with van der Waals surface area (Å²) in [5.41, 5.74) is -0.804. The van der Waals surface area contributed by atoms with Crippen molar-refractivity contribution in [2.24, 2.45) is 0 Å². The van der Waals surface area contributed by atoms with Gasteiger partial charge in [0.25, 0.3) is 5.91 Å². The van der Waals surface area contributed by atoms with Gasteiger partial charge in [0, 0.05) is 26.9 Å². The van der Waals surface area contributed by atoms with Crippen LogP contribution in [0.5, 0.6) is 0 Å². The van der Waals surface area contributed by atoms with Crippen LogP contribution in [0.3, 0.4) is 0 Å². The van der Waals surface area contributed by atoms with Gasteiger partial charge in [0.2, 0.25) is 0 Å². The summed E-state index contributed by atoms with van der Waals surface area (Å²) in [6, 6.07) is 3.43. The first kappa shape index (κ1) is 15.2. The number of carboxylic acids is 1. The molecule has 0 fully saturated rings. The number of nitrogens with zero attached hydrogens (tertiary/aromatic N) is 2. The van der Waals surface area contributed by atoms with Gasteiger partial charge < -0.3 is 19.3 Å². The van der Waals surface area contributed by atoms with E-state index < -0.39 is 11.5 Å². The third-order valence-electron chi connectivity index (χ3n) is 3.25. The van der Waals surface area contributed by atoms with Crippen molar-refractivity contribution in [1.29, 1.82) is 0 Å². The number of carbonyl (C=O) groups is 2. The van der Waals surface area contributed by atoms with E-state index in [1.165, 1.54) is 25.8 Å². The van der Waals surface area contributed by atoms with Crippen molar-refractivity contribution >= 4 is 11.9 Å². The Morgan fingerprint density at radius 3 is 2.63 bits per heavy atom. The lowest BCUT2D eigenvalue weighted by atomic mass is 10.0. The quantitative estimate of drug-likeness (QED) is 0.837. The molecule has 0 radical (unpaired) electrons. The van der Waals surface area contributed by atoms with Crippen molar-refractivity contribution < 1.29 is 19.4 Å². The van der Waals surface area contributed by atoms with Crippen molar-refractivity contribution in [3.05, 3.63) is 24.0 Å². The van der Waals surface area contributed by atoms with Gasteiger partial charge in [-0.05, 0) is 26.0 Å². The molecule has 0 aromatic carbocycles. The molecule has 0 atom stereocenters. The van der Waals surface area contributed by atoms with E-state index >= 15 is 0 Å². The molecule has 1 aromatic rings. The van der Waals surface area contributed by atoms with Crippen LogP contribution in [0.1, 0.15) is 24.3 Å². The van der Waals surface area contributed by atoms with Gasteiger partial charge in [0.15, 0.2) is 0 Å². The smallest absolute Gasteiger partial charge is 0.329 e. The monoisotopic (exact) mass is 268 g/mol. The van der Waals surface area contributed by atoms with Crippen LogP contribution in [-0.4, -0.2) is 52.8 Å². The van der Waals surface area contributed by atoms with Crippen LogP contribution in [0.2, 0.25) is 0 Å². The molecular formula is C13H20N2O4. The van der Waals surface area contributed by atoms with Gasteiger partial charge >= 0.3 is 5.97 Å². The normalized spacial score (nSPS) is 11.4. The largest absolute Gasteiger partial charge is 0.480 e. The summed E-state index contributed by atoms with van der Waals surface area (Å²) >= 11 is 0. The minimum Gasteiger partial charge on any atom is -0.480 e. The number of likely N-dealkylation sites (N-methyl/N-ethyl adjacent to an activating group) is 1. The molecule has 106 valence electrons. The second-order valence-electron chi connectivity index (χ2n) is 4.81. The van der Waals surface area contributed by atoms with Gasteiger partial charge in [-0.15, -0.1) is 0 Å². The molecule has 0 unspecified atom stereocenters. The molecule has 1 aromatic heterocycles. The van der Waals surface area contributed by atoms with E-state index in [1.54, 1.807) is 30.0 Å². The number of amides is 1. The lowest BCUT2D eigenvalue weighted by Gasteiger charge is -2.31. The van der Waals surface area contributed by atoms with Crippen LogP contribution < -0.4 is 0 Å². The molecule has 0 bridgehead atoms. The zero-order valence-corrected chi connectivity index (χ0v) is 11.7. The maximum atomic E-state index is 12.3. The second-order valence-corrected chi connectivity index (χ2v) is 4.81. The topological polar surface area (TPSA) is 71.8 Å². The average Bonchev–Trinajstić information content (AvgIpc) is 2.82. The van der Waals surface area contributed by atoms with E-state index in [9.17, 15) is 9.59 Å². The van der Waals surface area contributed by atoms with Crippen molar-refractivity contribution in [3.63, 3.8) is 0 Å². The van der Waals surface area contributed by atoms with Crippen LogP contribution in [0, 0.1) is 0 Å². The zero-order chi connectivity index (χ0) is 14.6. The third kappa shape index (κ3) is 3.14. The van der Waals surface area contributed by atoms with Gasteiger partial charge in [0.05, 0.1) is 6.61 Å². The summed E-state index contributed by atoms with van der Waals surface area (Å²) in [5, 5.41) is 9.15. The first-order valence-corrected chi connectivity index (χ1v) is 5.98. The molecule has 0 saturated carbocycles. The highest BCUT2D eigenvalue weighted by Gasteiger charge is 2.36. The summed E-state index contributed by atoms with van der Waals surface area (Å²) in [7, 11) is 3.08. The molecule has 6 heteroatoms. The van der Waals surface area contributed by atoms with E-state index in [0.717, 1.165) is 0 Å². The third-order valence-corrected chi connectivity index (χ3v) is 3.25. The number of rotatable bonds is 6. The number of carboxylic acid groups (broad SMARTS) is 1. The average molecular weight is 268 g/mol. The predicted molar refractivity (Wildman–Crippen MR) is 70.1 cm³/mol. The number of methoxy groups -OCH3 is 1. The highest BCUT2D eigenvalue weighted by Crippen LogP contribution is 2.16. The van der Waals surface area contributed by atoms with Gasteiger partial charge in [-0.1, -0.05) is 0 Å². The number of hydrogen-bond donors (Lipinski definition) is 1. The maximum absolute atomic E-state index is 12.3. The molecule has 1 amide bonds. The lowest BCUT2D eigenvalue weighted by molar-refractivity contribution is -0.147. The molecule has 0 spiro atoms. The van der Waals surface area contributed by atoms with Crippen LogP contribution in [0.15, 0.2) is 18.3 Å². The fourth-order valence-electron chi connectivity index (χ4n) is 1.56. The van der Waals surface area contributed by atoms with Crippen LogP contribution in [-0.2, 0) is 16.1 Å². The molecule has 0 saturated heterocycles. The molecular weight excluding hydrogens is 248 g/mol. The van der Waals surface area contributed by atoms with E-state index in [4.69, 9.17) is 9.84 Å². The number of aromatic nitrogens is 1. The molecule has 0 aliphatic carbocycles. The number of ether oxygens (including phenoxy) is 1. The molecule has 1 rings (SSSR count). The number of hydrogen-bond acceptors (Lipinski definition) is 3. The van der Waals surface area contributed by atoms with Crippen molar-refractivity contribution in [1.82, 2.24) is 9.47 Å². The Bertz CT molecular complexity index is 465. The van der Waals surface area contributed by atoms with Gasteiger partial charge in [0.1, 0.15) is 11.2 Å². The molecule has 6 nitrogen and oxygen atoms in total. The fraction of sp³-hybridized carbons (Fsp3) is 0.538. The predicted octanol–water partition coefficient (Wildman–Crippen LogP) is 1.07. The Kier molecular flexibility index (Phi) is 4.72. The number of aliphatic carboxylic acids is 1. The molecule has 0 aliphatic heterocycles. The highest BCUT2D eigenvalue weighted by molar-refractivity contribution is 5.96. The van der Waals surface area contributed by atoms with Gasteiger partial charge in [-0.2, -0.15) is 0 Å². The minimum atomic E-state index is -1.26. The summed E-state index contributed by atoms with van der Waals surface area (Å²) in [4.78, 5) is 24.7. The summed E-state index contributed by atoms with van der Waals surface area (Å²) < 4.78 is 6.73. The Balaban J connectivity index is 2.94. The van der Waals surface area contributed by atoms with Crippen LogP contribution >= 0.6 is 0 Å². The van der Waals surface area contributed by atoms with Crippen molar-refractivity contribution in [3.8, 4) is 0 Å². The number of carbonyl (C=O) groups excluding carboxylic acids is 1. The molecule has 0 aliphatic rings. The fourth-order valence-corrected chi connectivity index (χ4v) is 1.56. The van der Waals surface area contributed by atoms with Crippen molar-refractivity contribution in [2.75, 3.05) is 20.8 Å². The SMILES string of the molecule is COCCn1cccc1C(=O)N(C)C(C)(C)C(=O)O. The van der Waals surface area contributed by atoms with E-state index in [0.29, 0.717) is 18.8 Å². The zero-order valence-electron chi connectivity index (χ0n) is 11.7. The minimum absolute atomic E-state index is 0.325. The second kappa shape index (κ2) is 5.88. The summed E-state index contributed by atoms with van der Waals surface area (Å²) in [5.74, 6) is -1.37. The first-order chi connectivity index (χ1) is 8.82. The lowest BCUT2D eigenvalue weighted by Crippen LogP contribution is -2.51. The Hall–Kier alpha value is -1.82. The standard InChI is InChI=1S/C13H20N2O4/c1-13(2,12(17)18)14(3)11(16)10-6-5-7-15(10)8-9-19-4/h5-7H,8-9H2,1-4H3,(H,17,18). The van der Waals surface area contributed by atoms with E-state index in [2.05, 4.69) is 0 Å². The maximum Gasteiger partial charge on any atom is 0.329 e. The van der Waals surface area contributed by atoms with E-state index in [-0.39, 0.29) is 5.91 Å². The summed E-state index contributed by atoms with van der Waals surface area (Å²) in [6.07, 6.45) is 1.77. The Labute approximate surface area is 112 Å². The Morgan fingerprint density at radius 1 is 1.47 bits per heavy atom. The first-order valence-electron chi connectivity index (χ1n) is 5.98. The Morgan fingerprint density at radius 2 is 2.11 bits per heavy atom. The summed E-state index contributed by atoms with van der Waals surface area (Å²) in [6.45, 7) is 4.03. The van der Waals surface area contributed by atoms with Crippen molar-refractivity contribution in [2.45, 2.75) is 25.9 Å². The van der Waals surface area contributed by atoms with E-state index in [1.807, 2.05) is 0 Å². The van der Waals surface area contributed by atoms with Crippen LogP contribution in [0.4, 0.5) is 0 Å². The van der Waals surface area contributed by atoms with Crippen LogP contribution in [0.25, 0.3) is 0 Å². The van der Waals surface area contributed by atoms with Gasteiger partial charge in [-0.3, -0.25) is 4.79 Å². The highest BCUT2D eigenvalue weighted by atomic mass is 16.5. The van der Waals surface area contributed by atoms with Gasteiger partial charge in [-0.25, -0.2) is 4.79 Å². The molecule has 1 heterocycles.